The maximum Gasteiger partial charge on any atom is 0.248 e. The van der Waals surface area contributed by atoms with Crippen LogP contribution in [0.15, 0.2) is 67.3 Å². The lowest BCUT2D eigenvalue weighted by molar-refractivity contribution is -0.111. The summed E-state index contributed by atoms with van der Waals surface area (Å²) in [5.41, 5.74) is 1.45. The Balaban J connectivity index is 1.61. The van der Waals surface area contributed by atoms with E-state index in [1.165, 1.54) is 6.08 Å². The van der Waals surface area contributed by atoms with Crippen LogP contribution >= 0.6 is 0 Å². The minimum absolute atomic E-state index is 0.255. The lowest BCUT2D eigenvalue weighted by Gasteiger charge is -2.12. The van der Waals surface area contributed by atoms with Gasteiger partial charge in [-0.3, -0.25) is 4.79 Å². The van der Waals surface area contributed by atoms with Gasteiger partial charge in [0.05, 0.1) is 32.3 Å². The van der Waals surface area contributed by atoms with E-state index in [0.717, 1.165) is 5.56 Å². The zero-order valence-electron chi connectivity index (χ0n) is 17.1. The largest absolute Gasteiger partial charge is 0.493 e. The number of nitrogens with one attached hydrogen (secondary N) is 1. The molecule has 0 aliphatic heterocycles. The Bertz CT molecular complexity index is 984. The van der Waals surface area contributed by atoms with Crippen molar-refractivity contribution in [3.63, 3.8) is 0 Å². The number of hydrogen-bond acceptors (Lipinski definition) is 5. The van der Waals surface area contributed by atoms with Crippen molar-refractivity contribution in [1.82, 2.24) is 9.55 Å². The van der Waals surface area contributed by atoms with Crippen molar-refractivity contribution in [2.45, 2.75) is 13.5 Å². The molecule has 0 bridgehead atoms. The Hall–Kier alpha value is -3.74. The number of benzene rings is 2. The van der Waals surface area contributed by atoms with E-state index in [-0.39, 0.29) is 5.91 Å². The van der Waals surface area contributed by atoms with Crippen LogP contribution in [0.4, 0.5) is 5.69 Å². The summed E-state index contributed by atoms with van der Waals surface area (Å²) >= 11 is 0. The van der Waals surface area contributed by atoms with E-state index in [2.05, 4.69) is 10.3 Å². The van der Waals surface area contributed by atoms with Crippen molar-refractivity contribution in [3.05, 3.63) is 72.8 Å². The first-order chi connectivity index (χ1) is 14.7. The van der Waals surface area contributed by atoms with E-state index in [1.807, 2.05) is 54.1 Å². The molecule has 0 saturated carbocycles. The van der Waals surface area contributed by atoms with Gasteiger partial charge in [0.2, 0.25) is 5.91 Å². The van der Waals surface area contributed by atoms with Gasteiger partial charge in [0.15, 0.2) is 11.5 Å². The van der Waals surface area contributed by atoms with E-state index >= 15 is 0 Å². The SMILES string of the molecule is CCOc1cc(/C=C/C(=O)Nc2ccccc2OCCn2ccnc2)ccc1OC. The summed E-state index contributed by atoms with van der Waals surface area (Å²) in [6.45, 7) is 3.57. The smallest absolute Gasteiger partial charge is 0.248 e. The van der Waals surface area contributed by atoms with Gasteiger partial charge in [0.1, 0.15) is 12.4 Å². The van der Waals surface area contributed by atoms with E-state index in [1.54, 1.807) is 31.8 Å². The van der Waals surface area contributed by atoms with Crippen LogP contribution in [0.2, 0.25) is 0 Å². The zero-order valence-corrected chi connectivity index (χ0v) is 17.1. The molecule has 1 aromatic heterocycles. The zero-order chi connectivity index (χ0) is 21.2. The quantitative estimate of drug-likeness (QED) is 0.514. The molecule has 0 unspecified atom stereocenters. The number of anilines is 1. The van der Waals surface area contributed by atoms with Gasteiger partial charge in [-0.05, 0) is 42.8 Å². The number of amides is 1. The van der Waals surface area contributed by atoms with Crippen molar-refractivity contribution in [2.24, 2.45) is 0 Å². The first kappa shape index (κ1) is 21.0. The fraction of sp³-hybridized carbons (Fsp3) is 0.217. The predicted octanol–water partition coefficient (Wildman–Crippen LogP) is 4.02. The van der Waals surface area contributed by atoms with Gasteiger partial charge in [-0.2, -0.15) is 0 Å². The average Bonchev–Trinajstić information content (AvgIpc) is 3.27. The van der Waals surface area contributed by atoms with E-state index in [0.29, 0.717) is 42.7 Å². The lowest BCUT2D eigenvalue weighted by atomic mass is 10.2. The van der Waals surface area contributed by atoms with Gasteiger partial charge in [-0.15, -0.1) is 0 Å². The topological polar surface area (TPSA) is 74.6 Å². The fourth-order valence-corrected chi connectivity index (χ4v) is 2.79. The van der Waals surface area contributed by atoms with Crippen LogP contribution < -0.4 is 19.5 Å². The monoisotopic (exact) mass is 407 g/mol. The average molecular weight is 407 g/mol. The van der Waals surface area contributed by atoms with Crippen LogP contribution in [0, 0.1) is 0 Å². The Kier molecular flexibility index (Phi) is 7.49. The van der Waals surface area contributed by atoms with Crippen LogP contribution in [-0.4, -0.2) is 35.8 Å². The number of aromatic nitrogens is 2. The van der Waals surface area contributed by atoms with Crippen LogP contribution in [0.25, 0.3) is 6.08 Å². The summed E-state index contributed by atoms with van der Waals surface area (Å²) < 4.78 is 18.6. The van der Waals surface area contributed by atoms with Gasteiger partial charge in [0.25, 0.3) is 0 Å². The molecule has 3 rings (SSSR count). The van der Waals surface area contributed by atoms with E-state index < -0.39 is 0 Å². The number of imidazole rings is 1. The van der Waals surface area contributed by atoms with Gasteiger partial charge >= 0.3 is 0 Å². The van der Waals surface area contributed by atoms with Crippen molar-refractivity contribution < 1.29 is 19.0 Å². The maximum atomic E-state index is 12.4. The Morgan fingerprint density at radius 1 is 1.13 bits per heavy atom. The molecule has 0 radical (unpaired) electrons. The molecule has 0 saturated heterocycles. The fourth-order valence-electron chi connectivity index (χ4n) is 2.79. The van der Waals surface area contributed by atoms with Crippen LogP contribution in [-0.2, 0) is 11.3 Å². The van der Waals surface area contributed by atoms with Crippen molar-refractivity contribution in [1.29, 1.82) is 0 Å². The van der Waals surface area contributed by atoms with Gasteiger partial charge in [-0.25, -0.2) is 4.98 Å². The first-order valence-electron chi connectivity index (χ1n) is 9.67. The molecule has 3 aromatic rings. The highest BCUT2D eigenvalue weighted by Crippen LogP contribution is 2.28. The second-order valence-electron chi connectivity index (χ2n) is 6.31. The third-order valence-corrected chi connectivity index (χ3v) is 4.23. The first-order valence-corrected chi connectivity index (χ1v) is 9.67. The van der Waals surface area contributed by atoms with Crippen molar-refractivity contribution >= 4 is 17.7 Å². The van der Waals surface area contributed by atoms with Gasteiger partial charge < -0.3 is 24.1 Å². The van der Waals surface area contributed by atoms with Crippen LogP contribution in [0.1, 0.15) is 12.5 Å². The highest BCUT2D eigenvalue weighted by atomic mass is 16.5. The lowest BCUT2D eigenvalue weighted by Crippen LogP contribution is -2.11. The molecule has 1 amide bonds. The summed E-state index contributed by atoms with van der Waals surface area (Å²) in [6, 6.07) is 12.8. The highest BCUT2D eigenvalue weighted by molar-refractivity contribution is 6.02. The number of para-hydroxylation sites is 2. The summed E-state index contributed by atoms with van der Waals surface area (Å²) in [7, 11) is 1.59. The number of rotatable bonds is 10. The molecule has 7 heteroatoms. The Morgan fingerprint density at radius 2 is 2.00 bits per heavy atom. The van der Waals surface area contributed by atoms with Gasteiger partial charge in [0, 0.05) is 18.5 Å². The minimum atomic E-state index is -0.255. The molecule has 1 heterocycles. The number of carbonyl (C=O) groups excluding carboxylic acids is 1. The molecular weight excluding hydrogens is 382 g/mol. The number of ether oxygens (including phenoxy) is 3. The molecule has 1 N–H and O–H groups in total. The summed E-state index contributed by atoms with van der Waals surface area (Å²) in [5.74, 6) is 1.65. The Morgan fingerprint density at radius 3 is 2.77 bits per heavy atom. The molecule has 0 aliphatic rings. The summed E-state index contributed by atoms with van der Waals surface area (Å²) in [5, 5.41) is 2.86. The number of hydrogen-bond donors (Lipinski definition) is 1. The second-order valence-corrected chi connectivity index (χ2v) is 6.31. The predicted molar refractivity (Wildman–Crippen MR) is 116 cm³/mol. The molecule has 0 spiro atoms. The highest BCUT2D eigenvalue weighted by Gasteiger charge is 2.07. The molecule has 7 nitrogen and oxygen atoms in total. The third-order valence-electron chi connectivity index (χ3n) is 4.23. The number of nitrogens with zero attached hydrogens (tertiary/aromatic N) is 2. The summed E-state index contributed by atoms with van der Waals surface area (Å²) in [4.78, 5) is 16.4. The number of methoxy groups -OCH3 is 1. The molecular formula is C23H25N3O4. The van der Waals surface area contributed by atoms with Crippen LogP contribution in [0.5, 0.6) is 17.2 Å². The third kappa shape index (κ3) is 5.88. The van der Waals surface area contributed by atoms with Crippen molar-refractivity contribution in [2.75, 3.05) is 25.6 Å². The standard InChI is InChI=1S/C23H25N3O4/c1-3-29-22-16-18(8-10-21(22)28-2)9-11-23(27)25-19-6-4-5-7-20(19)30-15-14-26-13-12-24-17-26/h4-13,16-17H,3,14-15H2,1-2H3,(H,25,27)/b11-9+. The molecule has 30 heavy (non-hydrogen) atoms. The van der Waals surface area contributed by atoms with Gasteiger partial charge in [-0.1, -0.05) is 18.2 Å². The van der Waals surface area contributed by atoms with E-state index in [9.17, 15) is 4.79 Å². The molecule has 156 valence electrons. The molecule has 0 atom stereocenters. The second kappa shape index (κ2) is 10.7. The Labute approximate surface area is 175 Å². The molecule has 0 aliphatic carbocycles. The van der Waals surface area contributed by atoms with Crippen molar-refractivity contribution in [3.8, 4) is 17.2 Å². The molecule has 2 aromatic carbocycles. The van der Waals surface area contributed by atoms with E-state index in [4.69, 9.17) is 14.2 Å². The molecule has 0 fully saturated rings. The maximum absolute atomic E-state index is 12.4. The normalized spacial score (nSPS) is 10.7. The summed E-state index contributed by atoms with van der Waals surface area (Å²) in [6.07, 6.45) is 8.52. The van der Waals surface area contributed by atoms with Crippen LogP contribution in [0.3, 0.4) is 0 Å². The minimum Gasteiger partial charge on any atom is -0.493 e. The number of carbonyl (C=O) groups is 1.